The van der Waals surface area contributed by atoms with Crippen LogP contribution in [0.25, 0.3) is 0 Å². The summed E-state index contributed by atoms with van der Waals surface area (Å²) in [6, 6.07) is 4.24. The van der Waals surface area contributed by atoms with E-state index in [0.29, 0.717) is 24.4 Å². The van der Waals surface area contributed by atoms with Crippen molar-refractivity contribution in [2.24, 2.45) is 5.92 Å². The molecule has 1 aromatic rings. The van der Waals surface area contributed by atoms with Crippen LogP contribution in [0.1, 0.15) is 22.8 Å². The van der Waals surface area contributed by atoms with E-state index in [1.54, 1.807) is 20.1 Å². The molecule has 0 saturated carbocycles. The molecule has 6 heteroatoms. The maximum Gasteiger partial charge on any atom is 0.335 e. The number of methoxy groups -OCH3 is 1. The lowest BCUT2D eigenvalue weighted by molar-refractivity contribution is 0.0697. The standard InChI is InChI=1S/C14H20N2O4/c1-9(8-20-3)7-15-14(19)16-12-5-4-11(13(17)18)6-10(12)2/h4-6,9H,7-8H2,1-3H3,(H,17,18)(H2,15,16,19). The first-order chi connectivity index (χ1) is 9.43. The number of hydrogen-bond acceptors (Lipinski definition) is 3. The Balaban J connectivity index is 2.56. The van der Waals surface area contributed by atoms with Gasteiger partial charge in [-0.3, -0.25) is 0 Å². The summed E-state index contributed by atoms with van der Waals surface area (Å²) >= 11 is 0. The van der Waals surface area contributed by atoms with Crippen LogP contribution in [0, 0.1) is 12.8 Å². The second kappa shape index (κ2) is 7.49. The number of amides is 2. The number of aromatic carboxylic acids is 1. The topological polar surface area (TPSA) is 87.7 Å². The van der Waals surface area contributed by atoms with E-state index in [0.717, 1.165) is 0 Å². The van der Waals surface area contributed by atoms with Crippen LogP contribution in [0.4, 0.5) is 10.5 Å². The molecule has 1 rings (SSSR count). The summed E-state index contributed by atoms with van der Waals surface area (Å²) in [5.74, 6) is -0.765. The van der Waals surface area contributed by atoms with E-state index in [2.05, 4.69) is 10.6 Å². The Morgan fingerprint density at radius 3 is 2.65 bits per heavy atom. The summed E-state index contributed by atoms with van der Waals surface area (Å²) in [6.45, 7) is 4.80. The van der Waals surface area contributed by atoms with Crippen LogP contribution in [-0.2, 0) is 4.74 Å². The van der Waals surface area contributed by atoms with Crippen LogP contribution in [0.5, 0.6) is 0 Å². The molecule has 0 spiro atoms. The van der Waals surface area contributed by atoms with E-state index in [-0.39, 0.29) is 17.5 Å². The van der Waals surface area contributed by atoms with E-state index in [4.69, 9.17) is 9.84 Å². The van der Waals surface area contributed by atoms with Gasteiger partial charge in [-0.1, -0.05) is 6.92 Å². The van der Waals surface area contributed by atoms with Crippen molar-refractivity contribution in [3.05, 3.63) is 29.3 Å². The van der Waals surface area contributed by atoms with Crippen molar-refractivity contribution in [2.75, 3.05) is 25.6 Å². The van der Waals surface area contributed by atoms with Crippen LogP contribution in [0.15, 0.2) is 18.2 Å². The fourth-order valence-electron chi connectivity index (χ4n) is 1.71. The van der Waals surface area contributed by atoms with Crippen LogP contribution in [-0.4, -0.2) is 37.4 Å². The first-order valence-electron chi connectivity index (χ1n) is 6.31. The molecule has 2 amide bonds. The molecule has 110 valence electrons. The predicted molar refractivity (Wildman–Crippen MR) is 76.2 cm³/mol. The van der Waals surface area contributed by atoms with Crippen molar-refractivity contribution in [2.45, 2.75) is 13.8 Å². The maximum atomic E-state index is 11.7. The minimum atomic E-state index is -0.988. The number of hydrogen-bond donors (Lipinski definition) is 3. The number of carboxylic acid groups (broad SMARTS) is 1. The van der Waals surface area contributed by atoms with E-state index in [9.17, 15) is 9.59 Å². The average molecular weight is 280 g/mol. The molecule has 1 unspecified atom stereocenters. The van der Waals surface area contributed by atoms with Crippen molar-refractivity contribution in [1.29, 1.82) is 0 Å². The third kappa shape index (κ3) is 4.89. The molecule has 3 N–H and O–H groups in total. The molecule has 0 aliphatic rings. The number of urea groups is 1. The fraction of sp³-hybridized carbons (Fsp3) is 0.429. The van der Waals surface area contributed by atoms with Crippen molar-refractivity contribution in [3.63, 3.8) is 0 Å². The molecule has 6 nitrogen and oxygen atoms in total. The number of rotatable bonds is 6. The summed E-state index contributed by atoms with van der Waals surface area (Å²) in [5.41, 5.74) is 1.49. The summed E-state index contributed by atoms with van der Waals surface area (Å²) in [7, 11) is 1.62. The van der Waals surface area contributed by atoms with E-state index >= 15 is 0 Å². The highest BCUT2D eigenvalue weighted by Crippen LogP contribution is 2.16. The molecule has 0 bridgehead atoms. The van der Waals surface area contributed by atoms with Crippen molar-refractivity contribution in [1.82, 2.24) is 5.32 Å². The molecule has 0 heterocycles. The van der Waals surface area contributed by atoms with Gasteiger partial charge in [-0.2, -0.15) is 0 Å². The highest BCUT2D eigenvalue weighted by molar-refractivity contribution is 5.92. The zero-order valence-electron chi connectivity index (χ0n) is 11.9. The molecule has 0 radical (unpaired) electrons. The van der Waals surface area contributed by atoms with Gasteiger partial charge in [0.15, 0.2) is 0 Å². The van der Waals surface area contributed by atoms with Crippen molar-refractivity contribution >= 4 is 17.7 Å². The van der Waals surface area contributed by atoms with Gasteiger partial charge in [-0.15, -0.1) is 0 Å². The quantitative estimate of drug-likeness (QED) is 0.744. The van der Waals surface area contributed by atoms with Gasteiger partial charge in [-0.25, -0.2) is 9.59 Å². The molecule has 0 saturated heterocycles. The Bertz CT molecular complexity index is 488. The maximum absolute atomic E-state index is 11.7. The van der Waals surface area contributed by atoms with E-state index < -0.39 is 5.97 Å². The number of aryl methyl sites for hydroxylation is 1. The minimum absolute atomic E-state index is 0.196. The minimum Gasteiger partial charge on any atom is -0.478 e. The zero-order chi connectivity index (χ0) is 15.1. The monoisotopic (exact) mass is 280 g/mol. The SMILES string of the molecule is COCC(C)CNC(=O)Nc1ccc(C(=O)O)cc1C. The van der Waals surface area contributed by atoms with Gasteiger partial charge in [0, 0.05) is 19.3 Å². The molecule has 0 aliphatic heterocycles. The molecule has 1 atom stereocenters. The lowest BCUT2D eigenvalue weighted by atomic mass is 10.1. The van der Waals surface area contributed by atoms with Gasteiger partial charge in [0.25, 0.3) is 0 Å². The summed E-state index contributed by atoms with van der Waals surface area (Å²) in [5, 5.41) is 14.3. The predicted octanol–water partition coefficient (Wildman–Crippen LogP) is 2.10. The first-order valence-corrected chi connectivity index (χ1v) is 6.31. The highest BCUT2D eigenvalue weighted by Gasteiger charge is 2.09. The smallest absolute Gasteiger partial charge is 0.335 e. The van der Waals surface area contributed by atoms with Crippen molar-refractivity contribution < 1.29 is 19.4 Å². The number of carboxylic acids is 1. The Morgan fingerprint density at radius 1 is 1.40 bits per heavy atom. The lowest BCUT2D eigenvalue weighted by Crippen LogP contribution is -2.33. The van der Waals surface area contributed by atoms with Gasteiger partial charge < -0.3 is 20.5 Å². The zero-order valence-corrected chi connectivity index (χ0v) is 11.9. The number of benzene rings is 1. The van der Waals surface area contributed by atoms with Crippen molar-refractivity contribution in [3.8, 4) is 0 Å². The van der Waals surface area contributed by atoms with Crippen LogP contribution in [0.3, 0.4) is 0 Å². The van der Waals surface area contributed by atoms with Gasteiger partial charge in [0.05, 0.1) is 12.2 Å². The van der Waals surface area contributed by atoms with E-state index in [1.807, 2.05) is 6.92 Å². The lowest BCUT2D eigenvalue weighted by Gasteiger charge is -2.13. The Morgan fingerprint density at radius 2 is 2.10 bits per heavy atom. The van der Waals surface area contributed by atoms with E-state index in [1.165, 1.54) is 12.1 Å². The number of carbonyl (C=O) groups excluding carboxylic acids is 1. The van der Waals surface area contributed by atoms with Crippen LogP contribution >= 0.6 is 0 Å². The molecule has 0 fully saturated rings. The molecular formula is C14H20N2O4. The third-order valence-electron chi connectivity index (χ3n) is 2.78. The third-order valence-corrected chi connectivity index (χ3v) is 2.78. The molecule has 0 aliphatic carbocycles. The summed E-state index contributed by atoms with van der Waals surface area (Å²) < 4.78 is 4.98. The number of nitrogens with one attached hydrogen (secondary N) is 2. The number of ether oxygens (including phenoxy) is 1. The average Bonchev–Trinajstić information content (AvgIpc) is 2.39. The Labute approximate surface area is 118 Å². The van der Waals surface area contributed by atoms with Gasteiger partial charge >= 0.3 is 12.0 Å². The second-order valence-electron chi connectivity index (χ2n) is 4.73. The molecule has 20 heavy (non-hydrogen) atoms. The normalized spacial score (nSPS) is 11.8. The summed E-state index contributed by atoms with van der Waals surface area (Å²) in [4.78, 5) is 22.5. The van der Waals surface area contributed by atoms with Crippen LogP contribution < -0.4 is 10.6 Å². The largest absolute Gasteiger partial charge is 0.478 e. The molecule has 1 aromatic carbocycles. The molecule has 0 aromatic heterocycles. The Kier molecular flexibility index (Phi) is 5.99. The first kappa shape index (κ1) is 16.0. The summed E-state index contributed by atoms with van der Waals surface area (Å²) in [6.07, 6.45) is 0. The fourth-order valence-corrected chi connectivity index (χ4v) is 1.71. The van der Waals surface area contributed by atoms with Gasteiger partial charge in [0.1, 0.15) is 0 Å². The van der Waals surface area contributed by atoms with Gasteiger partial charge in [0.2, 0.25) is 0 Å². The number of anilines is 1. The second-order valence-corrected chi connectivity index (χ2v) is 4.73. The van der Waals surface area contributed by atoms with Gasteiger partial charge in [-0.05, 0) is 36.6 Å². The van der Waals surface area contributed by atoms with Crippen LogP contribution in [0.2, 0.25) is 0 Å². The number of carbonyl (C=O) groups is 2. The molecular weight excluding hydrogens is 260 g/mol. The highest BCUT2D eigenvalue weighted by atomic mass is 16.5. The Hall–Kier alpha value is -2.08.